The Hall–Kier alpha value is -1.50. The Morgan fingerprint density at radius 2 is 1.56 bits per heavy atom. The summed E-state index contributed by atoms with van der Waals surface area (Å²) in [4.78, 5) is 23.5. The van der Waals surface area contributed by atoms with Crippen LogP contribution in [0.2, 0.25) is 0 Å². The summed E-state index contributed by atoms with van der Waals surface area (Å²) in [6.07, 6.45) is 0. The van der Waals surface area contributed by atoms with Gasteiger partial charge in [0.2, 0.25) is 0 Å². The van der Waals surface area contributed by atoms with Gasteiger partial charge in [-0.15, -0.1) is 0 Å². The van der Waals surface area contributed by atoms with E-state index >= 15 is 0 Å². The van der Waals surface area contributed by atoms with Crippen molar-refractivity contribution in [1.29, 1.82) is 0 Å². The molecule has 0 N–H and O–H groups in total. The van der Waals surface area contributed by atoms with Crippen LogP contribution in [0.15, 0.2) is 44.7 Å². The normalized spacial score (nSPS) is 9.17. The fourth-order valence-corrected chi connectivity index (χ4v) is 2.32. The third kappa shape index (κ3) is 4.40. The van der Waals surface area contributed by atoms with E-state index in [0.29, 0.717) is 19.0 Å². The van der Waals surface area contributed by atoms with Crippen LogP contribution in [-0.2, 0) is 0 Å². The number of benzene rings is 1. The molecule has 0 saturated carbocycles. The Morgan fingerprint density at radius 3 is 1.94 bits per heavy atom. The first-order chi connectivity index (χ1) is 8.52. The topological polar surface area (TPSA) is 86.3 Å². The van der Waals surface area contributed by atoms with Crippen molar-refractivity contribution in [3.8, 4) is 0 Å². The van der Waals surface area contributed by atoms with Gasteiger partial charge >= 0.3 is 47.9 Å². The van der Waals surface area contributed by atoms with Gasteiger partial charge in [0.1, 0.15) is 0 Å². The van der Waals surface area contributed by atoms with Crippen molar-refractivity contribution in [1.82, 2.24) is 0 Å². The molecule has 0 amide bonds. The van der Waals surface area contributed by atoms with Gasteiger partial charge in [-0.2, -0.15) is 0 Å². The number of nitrogens with zero attached hydrogens (tertiary/aromatic N) is 2. The molecule has 8 heteroatoms. The number of halogens is 1. The van der Waals surface area contributed by atoms with E-state index in [4.69, 9.17) is 0 Å². The summed E-state index contributed by atoms with van der Waals surface area (Å²) in [6.45, 7) is 0. The van der Waals surface area contributed by atoms with Crippen molar-refractivity contribution >= 4 is 41.8 Å². The Balaban J connectivity index is 0.000000269. The first-order valence-corrected chi connectivity index (χ1v) is 7.35. The van der Waals surface area contributed by atoms with Gasteiger partial charge in [-0.1, -0.05) is 15.9 Å². The summed E-state index contributed by atoms with van der Waals surface area (Å²) >= 11 is 3.70. The average Bonchev–Trinajstić information content (AvgIpc) is 2.86. The minimum absolute atomic E-state index is 0.435. The summed E-state index contributed by atoms with van der Waals surface area (Å²) in [5, 5.41) is 20.7. The number of rotatable bonds is 2. The molecular formula is C10H7BrN2O4Se. The van der Waals surface area contributed by atoms with Crippen LogP contribution in [-0.4, -0.2) is 24.4 Å². The quantitative estimate of drug-likeness (QED) is 0.457. The van der Waals surface area contributed by atoms with Crippen molar-refractivity contribution in [3.63, 3.8) is 0 Å². The van der Waals surface area contributed by atoms with Crippen LogP contribution in [0.3, 0.4) is 0 Å². The zero-order valence-corrected chi connectivity index (χ0v) is 12.2. The van der Waals surface area contributed by atoms with Crippen LogP contribution in [0.1, 0.15) is 0 Å². The van der Waals surface area contributed by atoms with Gasteiger partial charge in [0.05, 0.1) is 9.85 Å². The zero-order chi connectivity index (χ0) is 13.5. The monoisotopic (exact) mass is 378 g/mol. The van der Waals surface area contributed by atoms with E-state index in [1.54, 1.807) is 0 Å². The first kappa shape index (κ1) is 14.6. The molecule has 0 radical (unpaired) electrons. The average molecular weight is 378 g/mol. The van der Waals surface area contributed by atoms with Crippen LogP contribution >= 0.6 is 15.9 Å². The van der Waals surface area contributed by atoms with E-state index in [9.17, 15) is 20.2 Å². The molecule has 0 atom stereocenters. The van der Waals surface area contributed by atoms with E-state index in [0.717, 1.165) is 12.1 Å². The maximum atomic E-state index is 10.4. The van der Waals surface area contributed by atoms with Gasteiger partial charge in [0, 0.05) is 16.6 Å². The zero-order valence-electron chi connectivity index (χ0n) is 8.86. The van der Waals surface area contributed by atoms with Crippen molar-refractivity contribution in [2.24, 2.45) is 0 Å². The van der Waals surface area contributed by atoms with E-state index in [1.807, 2.05) is 0 Å². The third-order valence-electron chi connectivity index (χ3n) is 1.76. The Labute approximate surface area is 116 Å². The van der Waals surface area contributed by atoms with Gasteiger partial charge in [0.15, 0.2) is 0 Å². The van der Waals surface area contributed by atoms with Gasteiger partial charge in [-0.05, 0) is 6.07 Å². The fraction of sp³-hybridized carbons (Fsp3) is 0. The van der Waals surface area contributed by atoms with Gasteiger partial charge in [0.25, 0.3) is 0 Å². The molecule has 0 saturated heterocycles. The van der Waals surface area contributed by atoms with E-state index in [1.165, 1.54) is 6.07 Å². The van der Waals surface area contributed by atoms with Gasteiger partial charge in [-0.3, -0.25) is 20.2 Å². The standard InChI is InChI=1S/C6H3BrN2O4.C4H4Se/c7-4-1-2-5(8(10)11)6(3-4)9(12)13;1-2-4-5-3-1/h1-3H;1-4H. The molecule has 94 valence electrons. The molecule has 0 fully saturated rings. The predicted octanol–water partition coefficient (Wildman–Crippen LogP) is 3.01. The summed E-state index contributed by atoms with van der Waals surface area (Å²) in [5.74, 6) is 0. The number of hydrogen-bond acceptors (Lipinski definition) is 4. The molecule has 0 aliphatic heterocycles. The molecule has 6 nitrogen and oxygen atoms in total. The van der Waals surface area contributed by atoms with Crippen molar-refractivity contribution in [2.75, 3.05) is 0 Å². The predicted molar refractivity (Wildman–Crippen MR) is 70.8 cm³/mol. The van der Waals surface area contributed by atoms with Crippen molar-refractivity contribution < 1.29 is 9.85 Å². The molecule has 1 aromatic carbocycles. The second-order valence-corrected chi connectivity index (χ2v) is 5.57. The van der Waals surface area contributed by atoms with E-state index in [2.05, 4.69) is 37.9 Å². The van der Waals surface area contributed by atoms with Gasteiger partial charge in [-0.25, -0.2) is 0 Å². The summed E-state index contributed by atoms with van der Waals surface area (Å²) < 4.78 is 0.435. The summed E-state index contributed by atoms with van der Waals surface area (Å²) in [7, 11) is 0. The molecule has 1 aromatic heterocycles. The molecule has 0 unspecified atom stereocenters. The SMILES string of the molecule is O=[N+]([O-])c1ccc(Br)cc1[N+](=O)[O-].c1cc[se]c1. The van der Waals surface area contributed by atoms with Crippen LogP contribution in [0.4, 0.5) is 11.4 Å². The molecule has 2 aromatic rings. The number of nitro benzene ring substituents is 2. The van der Waals surface area contributed by atoms with Crippen LogP contribution in [0.25, 0.3) is 0 Å². The molecule has 2 rings (SSSR count). The van der Waals surface area contributed by atoms with Gasteiger partial charge < -0.3 is 0 Å². The number of nitro groups is 2. The Morgan fingerprint density at radius 1 is 1.00 bits per heavy atom. The Kier molecular flexibility index (Phi) is 5.70. The van der Waals surface area contributed by atoms with Crippen LogP contribution in [0.5, 0.6) is 0 Å². The second kappa shape index (κ2) is 7.05. The molecule has 0 spiro atoms. The van der Waals surface area contributed by atoms with Crippen molar-refractivity contribution in [3.05, 3.63) is 64.9 Å². The molecule has 0 bridgehead atoms. The second-order valence-electron chi connectivity index (χ2n) is 2.94. The molecule has 18 heavy (non-hydrogen) atoms. The van der Waals surface area contributed by atoms with Crippen LogP contribution in [0, 0.1) is 20.2 Å². The molecule has 0 aliphatic rings. The Bertz CT molecular complexity index is 528. The number of hydrogen-bond donors (Lipinski definition) is 0. The first-order valence-electron chi connectivity index (χ1n) is 4.58. The van der Waals surface area contributed by atoms with Crippen molar-refractivity contribution in [2.45, 2.75) is 0 Å². The van der Waals surface area contributed by atoms with E-state index in [-0.39, 0.29) is 0 Å². The molecular weight excluding hydrogens is 371 g/mol. The fourth-order valence-electron chi connectivity index (χ4n) is 1.02. The summed E-state index contributed by atoms with van der Waals surface area (Å²) in [6, 6.07) is 7.73. The molecule has 0 aliphatic carbocycles. The van der Waals surface area contributed by atoms with Crippen LogP contribution < -0.4 is 0 Å². The third-order valence-corrected chi connectivity index (χ3v) is 3.57. The minimum atomic E-state index is -0.789. The molecule has 1 heterocycles. The maximum absolute atomic E-state index is 10.4. The van der Waals surface area contributed by atoms with E-state index < -0.39 is 21.2 Å². The summed E-state index contributed by atoms with van der Waals surface area (Å²) in [5.41, 5.74) is -1.02.